The van der Waals surface area contributed by atoms with Crippen LogP contribution in [0.3, 0.4) is 0 Å². The minimum absolute atomic E-state index is 0.276. The van der Waals surface area contributed by atoms with Crippen molar-refractivity contribution in [2.45, 2.75) is 45.3 Å². The van der Waals surface area contributed by atoms with Crippen LogP contribution in [-0.4, -0.2) is 39.9 Å². The van der Waals surface area contributed by atoms with Crippen LogP contribution >= 0.6 is 11.6 Å². The Morgan fingerprint density at radius 2 is 2.14 bits per heavy atom. The molecular weight excluding hydrogens is 292 g/mol. The van der Waals surface area contributed by atoms with E-state index in [9.17, 15) is 9.59 Å². The first-order valence-corrected chi connectivity index (χ1v) is 7.31. The van der Waals surface area contributed by atoms with Crippen molar-refractivity contribution in [1.29, 1.82) is 0 Å². The van der Waals surface area contributed by atoms with Gasteiger partial charge in [-0.3, -0.25) is 9.78 Å². The number of hydrogen-bond donors (Lipinski definition) is 0. The molecule has 1 aliphatic heterocycles. The molecule has 2 rings (SSSR count). The normalized spacial score (nSPS) is 18.7. The molecule has 1 fully saturated rings. The number of hydrogen-bond acceptors (Lipinski definition) is 4. The van der Waals surface area contributed by atoms with Gasteiger partial charge in [-0.2, -0.15) is 0 Å². The summed E-state index contributed by atoms with van der Waals surface area (Å²) in [6.07, 6.45) is 4.33. The minimum Gasteiger partial charge on any atom is -0.458 e. The highest BCUT2D eigenvalue weighted by Gasteiger charge is 2.37. The first-order chi connectivity index (χ1) is 9.79. The molecule has 2 heterocycles. The summed E-state index contributed by atoms with van der Waals surface area (Å²) in [5.74, 6) is -0.644. The van der Waals surface area contributed by atoms with Gasteiger partial charge in [0.1, 0.15) is 11.6 Å². The van der Waals surface area contributed by atoms with Gasteiger partial charge in [0.2, 0.25) is 0 Å². The smallest absolute Gasteiger partial charge is 0.329 e. The van der Waals surface area contributed by atoms with Gasteiger partial charge >= 0.3 is 5.97 Å². The fourth-order valence-electron chi connectivity index (χ4n) is 2.31. The molecule has 114 valence electrons. The SMILES string of the molecule is CC(C)(C)OC(=O)[C@@H]1CCCN1C(=O)c1cnccc1Cl. The fourth-order valence-corrected chi connectivity index (χ4v) is 2.50. The number of esters is 1. The van der Waals surface area contributed by atoms with Gasteiger partial charge in [-0.1, -0.05) is 11.6 Å². The Morgan fingerprint density at radius 3 is 2.76 bits per heavy atom. The van der Waals surface area contributed by atoms with Crippen LogP contribution in [0.2, 0.25) is 5.02 Å². The Labute approximate surface area is 129 Å². The highest BCUT2D eigenvalue weighted by atomic mass is 35.5. The molecule has 0 radical (unpaired) electrons. The monoisotopic (exact) mass is 310 g/mol. The van der Waals surface area contributed by atoms with Crippen LogP contribution in [0.25, 0.3) is 0 Å². The van der Waals surface area contributed by atoms with Gasteiger partial charge in [0.15, 0.2) is 0 Å². The summed E-state index contributed by atoms with van der Waals surface area (Å²) in [7, 11) is 0. The van der Waals surface area contributed by atoms with Gasteiger partial charge < -0.3 is 9.64 Å². The number of pyridine rings is 1. The van der Waals surface area contributed by atoms with E-state index >= 15 is 0 Å². The lowest BCUT2D eigenvalue weighted by atomic mass is 10.1. The number of amides is 1. The van der Waals surface area contributed by atoms with Crippen molar-refractivity contribution in [3.63, 3.8) is 0 Å². The lowest BCUT2D eigenvalue weighted by Crippen LogP contribution is -2.43. The highest BCUT2D eigenvalue weighted by molar-refractivity contribution is 6.33. The molecule has 0 N–H and O–H groups in total. The molecule has 0 spiro atoms. The van der Waals surface area contributed by atoms with Crippen molar-refractivity contribution in [1.82, 2.24) is 9.88 Å². The molecule has 0 unspecified atom stereocenters. The summed E-state index contributed by atoms with van der Waals surface area (Å²) >= 11 is 6.03. The van der Waals surface area contributed by atoms with Crippen LogP contribution in [-0.2, 0) is 9.53 Å². The second-order valence-corrected chi connectivity index (χ2v) is 6.45. The zero-order valence-corrected chi connectivity index (χ0v) is 13.2. The van der Waals surface area contributed by atoms with Gasteiger partial charge in [-0.15, -0.1) is 0 Å². The molecule has 5 nitrogen and oxygen atoms in total. The molecule has 1 aliphatic rings. The van der Waals surface area contributed by atoms with E-state index in [0.717, 1.165) is 6.42 Å². The molecule has 0 aromatic carbocycles. The first kappa shape index (κ1) is 15.8. The van der Waals surface area contributed by atoms with Crippen LogP contribution < -0.4 is 0 Å². The number of aromatic nitrogens is 1. The van der Waals surface area contributed by atoms with E-state index in [-0.39, 0.29) is 11.9 Å². The Balaban J connectivity index is 2.17. The summed E-state index contributed by atoms with van der Waals surface area (Å²) in [5.41, 5.74) is -0.255. The van der Waals surface area contributed by atoms with Crippen LogP contribution in [0.5, 0.6) is 0 Å². The lowest BCUT2D eigenvalue weighted by molar-refractivity contribution is -0.159. The number of halogens is 1. The summed E-state index contributed by atoms with van der Waals surface area (Å²) in [5, 5.41) is 0.338. The lowest BCUT2D eigenvalue weighted by Gasteiger charge is -2.27. The number of rotatable bonds is 2. The molecule has 0 saturated carbocycles. The summed E-state index contributed by atoms with van der Waals surface area (Å²) in [6, 6.07) is 1.01. The number of ether oxygens (including phenoxy) is 1. The summed E-state index contributed by atoms with van der Waals surface area (Å²) < 4.78 is 5.39. The Morgan fingerprint density at radius 1 is 1.43 bits per heavy atom. The standard InChI is InChI=1S/C15H19ClN2O3/c1-15(2,3)21-14(20)12-5-4-8-18(12)13(19)10-9-17-7-6-11(10)16/h6-7,9,12H,4-5,8H2,1-3H3/t12-/m0/s1. The van der Waals surface area contributed by atoms with Crippen LogP contribution in [0.4, 0.5) is 0 Å². The molecule has 1 saturated heterocycles. The van der Waals surface area contributed by atoms with E-state index in [1.165, 1.54) is 17.3 Å². The van der Waals surface area contributed by atoms with Gasteiger partial charge in [0.25, 0.3) is 5.91 Å². The third-order valence-electron chi connectivity index (χ3n) is 3.19. The summed E-state index contributed by atoms with van der Waals surface area (Å²) in [4.78, 5) is 30.2. The second-order valence-electron chi connectivity index (χ2n) is 6.05. The molecule has 21 heavy (non-hydrogen) atoms. The third-order valence-corrected chi connectivity index (χ3v) is 3.52. The van der Waals surface area contributed by atoms with E-state index in [4.69, 9.17) is 16.3 Å². The molecule has 1 atom stereocenters. The van der Waals surface area contributed by atoms with E-state index in [1.807, 2.05) is 20.8 Å². The Bertz CT molecular complexity index is 554. The molecule has 1 amide bonds. The van der Waals surface area contributed by atoms with E-state index in [0.29, 0.717) is 23.6 Å². The van der Waals surface area contributed by atoms with Crippen molar-refractivity contribution >= 4 is 23.5 Å². The maximum Gasteiger partial charge on any atom is 0.329 e. The van der Waals surface area contributed by atoms with E-state index < -0.39 is 11.6 Å². The number of likely N-dealkylation sites (tertiary alicyclic amines) is 1. The van der Waals surface area contributed by atoms with Gasteiger partial charge in [0.05, 0.1) is 10.6 Å². The topological polar surface area (TPSA) is 59.5 Å². The molecule has 1 aromatic rings. The predicted octanol–water partition coefficient (Wildman–Crippen LogP) is 2.68. The predicted molar refractivity (Wildman–Crippen MR) is 79.2 cm³/mol. The van der Waals surface area contributed by atoms with Crippen LogP contribution in [0, 0.1) is 0 Å². The Kier molecular flexibility index (Phi) is 4.52. The average Bonchev–Trinajstić information content (AvgIpc) is 2.85. The molecular formula is C15H19ClN2O3. The zero-order chi connectivity index (χ0) is 15.6. The maximum atomic E-state index is 12.5. The molecule has 6 heteroatoms. The van der Waals surface area contributed by atoms with Crippen molar-refractivity contribution < 1.29 is 14.3 Å². The fraction of sp³-hybridized carbons (Fsp3) is 0.533. The summed E-state index contributed by atoms with van der Waals surface area (Å²) in [6.45, 7) is 5.95. The van der Waals surface area contributed by atoms with Gasteiger partial charge in [-0.25, -0.2) is 4.79 Å². The van der Waals surface area contributed by atoms with Crippen molar-refractivity contribution in [3.8, 4) is 0 Å². The second kappa shape index (κ2) is 6.02. The quantitative estimate of drug-likeness (QED) is 0.788. The van der Waals surface area contributed by atoms with Crippen molar-refractivity contribution in [2.24, 2.45) is 0 Å². The number of carbonyl (C=O) groups excluding carboxylic acids is 2. The average molecular weight is 311 g/mol. The third kappa shape index (κ3) is 3.73. The van der Waals surface area contributed by atoms with Crippen LogP contribution in [0.1, 0.15) is 44.0 Å². The first-order valence-electron chi connectivity index (χ1n) is 6.93. The van der Waals surface area contributed by atoms with E-state index in [2.05, 4.69) is 4.98 Å². The van der Waals surface area contributed by atoms with Crippen molar-refractivity contribution in [2.75, 3.05) is 6.54 Å². The highest BCUT2D eigenvalue weighted by Crippen LogP contribution is 2.25. The largest absolute Gasteiger partial charge is 0.458 e. The zero-order valence-electron chi connectivity index (χ0n) is 12.4. The van der Waals surface area contributed by atoms with Gasteiger partial charge in [-0.05, 0) is 39.7 Å². The maximum absolute atomic E-state index is 12.5. The van der Waals surface area contributed by atoms with E-state index in [1.54, 1.807) is 6.07 Å². The van der Waals surface area contributed by atoms with Crippen LogP contribution in [0.15, 0.2) is 18.5 Å². The molecule has 0 aliphatic carbocycles. The molecule has 0 bridgehead atoms. The number of carbonyl (C=O) groups is 2. The number of nitrogens with zero attached hydrogens (tertiary/aromatic N) is 2. The minimum atomic E-state index is -0.569. The van der Waals surface area contributed by atoms with Crippen molar-refractivity contribution in [3.05, 3.63) is 29.0 Å². The van der Waals surface area contributed by atoms with Gasteiger partial charge in [0, 0.05) is 18.9 Å². The molecule has 1 aromatic heterocycles. The Hall–Kier alpha value is -1.62.